The summed E-state index contributed by atoms with van der Waals surface area (Å²) in [6.07, 6.45) is 3.45. The fraction of sp³-hybridized carbons (Fsp3) is 0.857. The lowest BCUT2D eigenvalue weighted by molar-refractivity contribution is -0.138. The molecule has 3 fully saturated rings. The lowest BCUT2D eigenvalue weighted by atomic mass is 10.1. The van der Waals surface area contributed by atoms with E-state index in [0.29, 0.717) is 12.6 Å². The smallest absolute Gasteiger partial charge is 0.317 e. The highest BCUT2D eigenvalue weighted by Gasteiger charge is 2.39. The summed E-state index contributed by atoms with van der Waals surface area (Å²) in [6.45, 7) is 2.87. The molecular formula is C14H23N3O3S. The normalized spacial score (nSPS) is 33.0. The molecule has 0 aromatic rings. The van der Waals surface area contributed by atoms with Crippen molar-refractivity contribution in [1.29, 1.82) is 0 Å². The zero-order valence-electron chi connectivity index (χ0n) is 12.2. The van der Waals surface area contributed by atoms with E-state index >= 15 is 0 Å². The molecule has 0 bridgehead atoms. The second-order valence-electron chi connectivity index (χ2n) is 6.11. The van der Waals surface area contributed by atoms with Gasteiger partial charge in [0.25, 0.3) is 0 Å². The Kier molecular flexibility index (Phi) is 4.59. The first-order valence-corrected chi connectivity index (χ1v) is 8.91. The average Bonchev–Trinajstić information content (AvgIpc) is 3.03. The topological polar surface area (TPSA) is 72.9 Å². The van der Waals surface area contributed by atoms with Gasteiger partial charge in [0.15, 0.2) is 0 Å². The van der Waals surface area contributed by atoms with Crippen LogP contribution in [-0.2, 0) is 4.79 Å². The minimum atomic E-state index is -0.830. The quantitative estimate of drug-likeness (QED) is 0.807. The Morgan fingerprint density at radius 1 is 1.24 bits per heavy atom. The number of hydrogen-bond acceptors (Lipinski definition) is 4. The van der Waals surface area contributed by atoms with Gasteiger partial charge in [-0.05, 0) is 25.8 Å². The van der Waals surface area contributed by atoms with Crippen LogP contribution in [0.2, 0.25) is 0 Å². The third-order valence-corrected chi connectivity index (χ3v) is 5.91. The molecule has 0 radical (unpaired) electrons. The van der Waals surface area contributed by atoms with Crippen molar-refractivity contribution in [1.82, 2.24) is 15.1 Å². The first kappa shape index (κ1) is 15.0. The predicted octanol–water partition coefficient (Wildman–Crippen LogP) is 0.825. The van der Waals surface area contributed by atoms with Gasteiger partial charge >= 0.3 is 12.0 Å². The molecular weight excluding hydrogens is 290 g/mol. The van der Waals surface area contributed by atoms with Crippen molar-refractivity contribution >= 4 is 23.8 Å². The number of nitrogens with one attached hydrogen (secondary N) is 1. The highest BCUT2D eigenvalue weighted by Crippen LogP contribution is 2.28. The third-order valence-electron chi connectivity index (χ3n) is 4.81. The van der Waals surface area contributed by atoms with Crippen LogP contribution in [0.5, 0.6) is 0 Å². The van der Waals surface area contributed by atoms with Gasteiger partial charge in [0.2, 0.25) is 0 Å². The molecule has 0 saturated carbocycles. The lowest BCUT2D eigenvalue weighted by Crippen LogP contribution is -2.54. The van der Waals surface area contributed by atoms with Gasteiger partial charge in [-0.1, -0.05) is 0 Å². The maximum atomic E-state index is 12.5. The summed E-state index contributed by atoms with van der Waals surface area (Å²) in [5, 5.41) is 12.2. The van der Waals surface area contributed by atoms with E-state index in [1.54, 1.807) is 16.7 Å². The van der Waals surface area contributed by atoms with E-state index < -0.39 is 5.97 Å². The number of urea groups is 1. The van der Waals surface area contributed by atoms with Crippen LogP contribution in [0.3, 0.4) is 0 Å². The number of rotatable bonds is 3. The average molecular weight is 313 g/mol. The van der Waals surface area contributed by atoms with E-state index in [0.717, 1.165) is 31.0 Å². The SMILES string of the molecule is O=C(O)CC1CSCCN1C(=O)NC1CCN2CCCC12. The largest absolute Gasteiger partial charge is 0.481 e. The first-order valence-electron chi connectivity index (χ1n) is 7.76. The third kappa shape index (κ3) is 3.29. The van der Waals surface area contributed by atoms with Gasteiger partial charge in [-0.3, -0.25) is 9.69 Å². The van der Waals surface area contributed by atoms with Crippen LogP contribution in [-0.4, -0.2) is 76.2 Å². The molecule has 6 nitrogen and oxygen atoms in total. The van der Waals surface area contributed by atoms with E-state index in [2.05, 4.69) is 10.2 Å². The van der Waals surface area contributed by atoms with Gasteiger partial charge in [-0.15, -0.1) is 0 Å². The second-order valence-corrected chi connectivity index (χ2v) is 7.26. The summed E-state index contributed by atoms with van der Waals surface area (Å²) in [4.78, 5) is 27.7. The molecule has 0 spiro atoms. The molecule has 0 aromatic carbocycles. The molecule has 21 heavy (non-hydrogen) atoms. The van der Waals surface area contributed by atoms with Crippen molar-refractivity contribution in [2.45, 2.75) is 43.8 Å². The molecule has 2 N–H and O–H groups in total. The highest BCUT2D eigenvalue weighted by atomic mass is 32.2. The van der Waals surface area contributed by atoms with Crippen molar-refractivity contribution in [3.05, 3.63) is 0 Å². The Labute approximate surface area is 129 Å². The molecule has 7 heteroatoms. The van der Waals surface area contributed by atoms with Gasteiger partial charge in [-0.2, -0.15) is 11.8 Å². The molecule has 3 heterocycles. The molecule has 3 aliphatic heterocycles. The summed E-state index contributed by atoms with van der Waals surface area (Å²) < 4.78 is 0. The number of carboxylic acids is 1. The van der Waals surface area contributed by atoms with Crippen LogP contribution >= 0.6 is 11.8 Å². The molecule has 2 amide bonds. The molecule has 3 aliphatic rings. The standard InChI is InChI=1S/C14H23N3O3S/c18-13(19)8-10-9-21-7-6-17(10)14(20)15-11-3-5-16-4-1-2-12(11)16/h10-12H,1-9H2,(H,15,20)(H,18,19). The lowest BCUT2D eigenvalue weighted by Gasteiger charge is -2.36. The Hall–Kier alpha value is -0.950. The number of fused-ring (bicyclic) bond motifs is 1. The maximum Gasteiger partial charge on any atom is 0.317 e. The van der Waals surface area contributed by atoms with Gasteiger partial charge < -0.3 is 15.3 Å². The summed E-state index contributed by atoms with van der Waals surface area (Å²) in [6, 6.07) is 0.480. The van der Waals surface area contributed by atoms with Gasteiger partial charge in [0, 0.05) is 36.7 Å². The van der Waals surface area contributed by atoms with E-state index in [1.165, 1.54) is 12.8 Å². The van der Waals surface area contributed by atoms with Crippen molar-refractivity contribution in [2.75, 3.05) is 31.1 Å². The molecule has 0 aromatic heterocycles. The van der Waals surface area contributed by atoms with Crippen molar-refractivity contribution in [3.8, 4) is 0 Å². The highest BCUT2D eigenvalue weighted by molar-refractivity contribution is 7.99. The number of carbonyl (C=O) groups is 2. The predicted molar refractivity (Wildman–Crippen MR) is 81.6 cm³/mol. The molecule has 3 unspecified atom stereocenters. The fourth-order valence-corrected chi connectivity index (χ4v) is 4.85. The van der Waals surface area contributed by atoms with Crippen molar-refractivity contribution in [3.63, 3.8) is 0 Å². The second kappa shape index (κ2) is 6.44. The summed E-state index contributed by atoms with van der Waals surface area (Å²) in [5.41, 5.74) is 0. The van der Waals surface area contributed by atoms with Crippen LogP contribution in [0.1, 0.15) is 25.7 Å². The van der Waals surface area contributed by atoms with E-state index in [1.807, 2.05) is 0 Å². The Morgan fingerprint density at radius 3 is 2.90 bits per heavy atom. The minimum absolute atomic E-state index is 0.0423. The zero-order valence-corrected chi connectivity index (χ0v) is 13.0. The molecule has 3 rings (SSSR count). The summed E-state index contributed by atoms with van der Waals surface area (Å²) in [7, 11) is 0. The number of hydrogen-bond donors (Lipinski definition) is 2. The Bertz CT molecular complexity index is 420. The Morgan fingerprint density at radius 2 is 2.10 bits per heavy atom. The number of thioether (sulfide) groups is 1. The molecule has 3 atom stereocenters. The van der Waals surface area contributed by atoms with Crippen molar-refractivity contribution < 1.29 is 14.7 Å². The zero-order chi connectivity index (χ0) is 14.8. The van der Waals surface area contributed by atoms with Crippen LogP contribution in [0.15, 0.2) is 0 Å². The van der Waals surface area contributed by atoms with Gasteiger partial charge in [-0.25, -0.2) is 4.79 Å². The number of carbonyl (C=O) groups excluding carboxylic acids is 1. The van der Waals surface area contributed by atoms with Crippen LogP contribution < -0.4 is 5.32 Å². The molecule has 118 valence electrons. The summed E-state index contributed by atoms with van der Waals surface area (Å²) >= 11 is 1.73. The van der Waals surface area contributed by atoms with Crippen LogP contribution in [0.25, 0.3) is 0 Å². The van der Waals surface area contributed by atoms with Crippen LogP contribution in [0, 0.1) is 0 Å². The number of nitrogens with zero attached hydrogens (tertiary/aromatic N) is 2. The Balaban J connectivity index is 1.59. The van der Waals surface area contributed by atoms with E-state index in [-0.39, 0.29) is 24.5 Å². The van der Waals surface area contributed by atoms with Crippen LogP contribution in [0.4, 0.5) is 4.79 Å². The number of amides is 2. The van der Waals surface area contributed by atoms with E-state index in [9.17, 15) is 9.59 Å². The summed E-state index contributed by atoms with van der Waals surface area (Å²) in [5.74, 6) is 0.784. The van der Waals surface area contributed by atoms with E-state index in [4.69, 9.17) is 5.11 Å². The number of aliphatic carboxylic acids is 1. The fourth-order valence-electron chi connectivity index (χ4n) is 3.79. The number of carboxylic acid groups (broad SMARTS) is 1. The maximum absolute atomic E-state index is 12.5. The van der Waals surface area contributed by atoms with Gasteiger partial charge in [0.1, 0.15) is 0 Å². The first-order chi connectivity index (χ1) is 10.1. The van der Waals surface area contributed by atoms with Gasteiger partial charge in [0.05, 0.1) is 12.5 Å². The van der Waals surface area contributed by atoms with Crippen molar-refractivity contribution in [2.24, 2.45) is 0 Å². The monoisotopic (exact) mass is 313 g/mol. The minimum Gasteiger partial charge on any atom is -0.481 e. The molecule has 0 aliphatic carbocycles. The molecule has 3 saturated heterocycles.